The highest BCUT2D eigenvalue weighted by atomic mass is 79.9. The van der Waals surface area contributed by atoms with Gasteiger partial charge in [0.05, 0.1) is 8.66 Å². The Morgan fingerprint density at radius 3 is 2.52 bits per heavy atom. The van der Waals surface area contributed by atoms with E-state index in [4.69, 9.17) is 0 Å². The van der Waals surface area contributed by atoms with Gasteiger partial charge in [0.1, 0.15) is 0 Å². The molecule has 1 aromatic heterocycles. The molecule has 0 saturated carbocycles. The lowest BCUT2D eigenvalue weighted by atomic mass is 10.1. The molecule has 1 N–H and O–H groups in total. The van der Waals surface area contributed by atoms with Crippen molar-refractivity contribution >= 4 is 38.9 Å². The second kappa shape index (κ2) is 7.73. The maximum Gasteiger partial charge on any atom is 0.265 e. The third kappa shape index (κ3) is 4.40. The maximum absolute atomic E-state index is 12.3. The van der Waals surface area contributed by atoms with Gasteiger partial charge in [-0.1, -0.05) is 32.0 Å². The molecule has 1 aromatic carbocycles. The van der Waals surface area contributed by atoms with E-state index in [1.54, 1.807) is 0 Å². The predicted octanol–water partition coefficient (Wildman–Crippen LogP) is 4.60. The summed E-state index contributed by atoms with van der Waals surface area (Å²) in [5.74, 6) is -0.0577. The van der Waals surface area contributed by atoms with Crippen molar-refractivity contribution in [3.8, 4) is 0 Å². The molecule has 0 saturated heterocycles. The van der Waals surface area contributed by atoms with Crippen molar-refractivity contribution in [1.82, 2.24) is 4.90 Å². The van der Waals surface area contributed by atoms with Gasteiger partial charge >= 0.3 is 0 Å². The molecular formula is C16H19BrN2OS. The zero-order chi connectivity index (χ0) is 15.2. The van der Waals surface area contributed by atoms with E-state index in [2.05, 4.69) is 46.1 Å². The largest absolute Gasteiger partial charge is 0.321 e. The number of hydrogen-bond donors (Lipinski definition) is 1. The van der Waals surface area contributed by atoms with E-state index in [0.29, 0.717) is 4.88 Å². The number of carbonyl (C=O) groups is 1. The quantitative estimate of drug-likeness (QED) is 0.809. The Morgan fingerprint density at radius 2 is 1.90 bits per heavy atom. The number of benzene rings is 1. The van der Waals surface area contributed by atoms with Gasteiger partial charge in [-0.25, -0.2) is 0 Å². The van der Waals surface area contributed by atoms with Crippen LogP contribution < -0.4 is 5.32 Å². The zero-order valence-corrected chi connectivity index (χ0v) is 14.6. The fourth-order valence-electron chi connectivity index (χ4n) is 2.09. The number of anilines is 1. The summed E-state index contributed by atoms with van der Waals surface area (Å²) in [4.78, 5) is 15.3. The fraction of sp³-hybridized carbons (Fsp3) is 0.312. The lowest BCUT2D eigenvalue weighted by molar-refractivity contribution is 0.103. The Bertz CT molecular complexity index is 608. The predicted molar refractivity (Wildman–Crippen MR) is 93.0 cm³/mol. The number of nitrogens with one attached hydrogen (secondary N) is 1. The zero-order valence-electron chi connectivity index (χ0n) is 12.2. The number of thiophene rings is 1. The van der Waals surface area contributed by atoms with Crippen molar-refractivity contribution in [1.29, 1.82) is 0 Å². The number of para-hydroxylation sites is 1. The number of carbonyl (C=O) groups excluding carboxylic acids is 1. The summed E-state index contributed by atoms with van der Waals surface area (Å²) in [6.07, 6.45) is 0. The van der Waals surface area contributed by atoms with Gasteiger partial charge in [-0.3, -0.25) is 9.69 Å². The van der Waals surface area contributed by atoms with E-state index in [1.165, 1.54) is 11.3 Å². The van der Waals surface area contributed by atoms with Crippen molar-refractivity contribution < 1.29 is 4.79 Å². The van der Waals surface area contributed by atoms with Crippen LogP contribution in [0.4, 0.5) is 5.69 Å². The van der Waals surface area contributed by atoms with Crippen molar-refractivity contribution in [2.75, 3.05) is 18.4 Å². The van der Waals surface area contributed by atoms with E-state index in [-0.39, 0.29) is 5.91 Å². The van der Waals surface area contributed by atoms with E-state index < -0.39 is 0 Å². The SMILES string of the molecule is CCN(CC)Cc1ccccc1NC(=O)c1ccc(Br)s1. The highest BCUT2D eigenvalue weighted by Crippen LogP contribution is 2.24. The van der Waals surface area contributed by atoms with Gasteiger partial charge in [0.2, 0.25) is 0 Å². The molecule has 3 nitrogen and oxygen atoms in total. The van der Waals surface area contributed by atoms with Gasteiger partial charge in [0.15, 0.2) is 0 Å². The van der Waals surface area contributed by atoms with Gasteiger partial charge in [0, 0.05) is 12.2 Å². The van der Waals surface area contributed by atoms with Crippen LogP contribution >= 0.6 is 27.3 Å². The van der Waals surface area contributed by atoms with Gasteiger partial charge in [-0.15, -0.1) is 11.3 Å². The molecule has 0 bridgehead atoms. The van der Waals surface area contributed by atoms with Crippen LogP contribution in [-0.2, 0) is 6.54 Å². The maximum atomic E-state index is 12.3. The Labute approximate surface area is 138 Å². The summed E-state index contributed by atoms with van der Waals surface area (Å²) in [5, 5.41) is 3.02. The minimum atomic E-state index is -0.0577. The van der Waals surface area contributed by atoms with E-state index in [9.17, 15) is 4.79 Å². The van der Waals surface area contributed by atoms with Crippen molar-refractivity contribution in [3.63, 3.8) is 0 Å². The molecule has 0 atom stereocenters. The topological polar surface area (TPSA) is 32.3 Å². The van der Waals surface area contributed by atoms with Gasteiger partial charge in [-0.2, -0.15) is 0 Å². The molecule has 2 aromatic rings. The first kappa shape index (κ1) is 16.2. The molecule has 5 heteroatoms. The summed E-state index contributed by atoms with van der Waals surface area (Å²) in [6, 6.07) is 11.7. The molecule has 0 radical (unpaired) electrons. The lowest BCUT2D eigenvalue weighted by Gasteiger charge is -2.20. The number of rotatable bonds is 6. The fourth-order valence-corrected chi connectivity index (χ4v) is 3.37. The molecule has 0 aliphatic carbocycles. The Kier molecular flexibility index (Phi) is 5.96. The average molecular weight is 367 g/mol. The van der Waals surface area contributed by atoms with Crippen LogP contribution in [0.5, 0.6) is 0 Å². The monoisotopic (exact) mass is 366 g/mol. The van der Waals surface area contributed by atoms with Gasteiger partial charge in [-0.05, 0) is 52.8 Å². The molecule has 0 aliphatic rings. The van der Waals surface area contributed by atoms with Crippen LogP contribution in [0.3, 0.4) is 0 Å². The minimum Gasteiger partial charge on any atom is -0.321 e. The smallest absolute Gasteiger partial charge is 0.265 e. The number of amides is 1. The number of nitrogens with zero attached hydrogens (tertiary/aromatic N) is 1. The van der Waals surface area contributed by atoms with Crippen molar-refractivity contribution in [3.05, 3.63) is 50.6 Å². The molecule has 112 valence electrons. The van der Waals surface area contributed by atoms with E-state index >= 15 is 0 Å². The summed E-state index contributed by atoms with van der Waals surface area (Å²) >= 11 is 4.82. The van der Waals surface area contributed by atoms with E-state index in [0.717, 1.165) is 34.7 Å². The standard InChI is InChI=1S/C16H19BrN2OS/c1-3-19(4-2)11-12-7-5-6-8-13(12)18-16(20)14-9-10-15(17)21-14/h5-10H,3-4,11H2,1-2H3,(H,18,20). The molecule has 2 rings (SSSR count). The number of hydrogen-bond acceptors (Lipinski definition) is 3. The second-order valence-electron chi connectivity index (χ2n) is 4.68. The minimum absolute atomic E-state index is 0.0577. The first-order valence-electron chi connectivity index (χ1n) is 7.01. The van der Waals surface area contributed by atoms with Gasteiger partial charge < -0.3 is 5.32 Å². The third-order valence-electron chi connectivity index (χ3n) is 3.35. The van der Waals surface area contributed by atoms with Crippen molar-refractivity contribution in [2.24, 2.45) is 0 Å². The Balaban J connectivity index is 2.14. The average Bonchev–Trinajstić information content (AvgIpc) is 2.93. The van der Waals surface area contributed by atoms with Crippen LogP contribution in [0.25, 0.3) is 0 Å². The van der Waals surface area contributed by atoms with Crippen LogP contribution in [0.2, 0.25) is 0 Å². The lowest BCUT2D eigenvalue weighted by Crippen LogP contribution is -2.23. The highest BCUT2D eigenvalue weighted by Gasteiger charge is 2.12. The Morgan fingerprint density at radius 1 is 1.19 bits per heavy atom. The molecule has 1 amide bonds. The van der Waals surface area contributed by atoms with Gasteiger partial charge in [0.25, 0.3) is 5.91 Å². The summed E-state index contributed by atoms with van der Waals surface area (Å²) in [5.41, 5.74) is 2.03. The molecule has 21 heavy (non-hydrogen) atoms. The molecule has 0 aliphatic heterocycles. The summed E-state index contributed by atoms with van der Waals surface area (Å²) in [7, 11) is 0. The molecule has 1 heterocycles. The molecule has 0 spiro atoms. The van der Waals surface area contributed by atoms with Crippen LogP contribution in [-0.4, -0.2) is 23.9 Å². The van der Waals surface area contributed by atoms with Crippen LogP contribution in [0, 0.1) is 0 Å². The highest BCUT2D eigenvalue weighted by molar-refractivity contribution is 9.11. The summed E-state index contributed by atoms with van der Waals surface area (Å²) < 4.78 is 0.962. The molecular weight excluding hydrogens is 348 g/mol. The van der Waals surface area contributed by atoms with Crippen LogP contribution in [0.15, 0.2) is 40.2 Å². The number of halogens is 1. The second-order valence-corrected chi connectivity index (χ2v) is 7.14. The van der Waals surface area contributed by atoms with Crippen LogP contribution in [0.1, 0.15) is 29.1 Å². The molecule has 0 fully saturated rings. The Hall–Kier alpha value is -1.17. The first-order chi connectivity index (χ1) is 10.1. The van der Waals surface area contributed by atoms with Crippen molar-refractivity contribution in [2.45, 2.75) is 20.4 Å². The van der Waals surface area contributed by atoms with E-state index in [1.807, 2.05) is 30.3 Å². The normalized spacial score (nSPS) is 10.9. The first-order valence-corrected chi connectivity index (χ1v) is 8.62. The third-order valence-corrected chi connectivity index (χ3v) is 4.97. The molecule has 0 unspecified atom stereocenters. The summed E-state index contributed by atoms with van der Waals surface area (Å²) in [6.45, 7) is 7.13.